The molecule has 2 N–H and O–H groups in total. The van der Waals surface area contributed by atoms with Crippen LogP contribution in [-0.4, -0.2) is 36.5 Å². The van der Waals surface area contributed by atoms with Gasteiger partial charge in [-0.1, -0.05) is 12.8 Å². The molecule has 0 aliphatic carbocycles. The molecule has 1 aliphatic heterocycles. The van der Waals surface area contributed by atoms with Gasteiger partial charge in [0.2, 0.25) is 0 Å². The number of hydrogen-bond donors (Lipinski definition) is 2. The summed E-state index contributed by atoms with van der Waals surface area (Å²) in [6.07, 6.45) is 4.53. The summed E-state index contributed by atoms with van der Waals surface area (Å²) < 4.78 is 0. The summed E-state index contributed by atoms with van der Waals surface area (Å²) >= 11 is 1.41. The molecule has 21 heavy (non-hydrogen) atoms. The van der Waals surface area contributed by atoms with Crippen molar-refractivity contribution >= 4 is 29.0 Å². The highest BCUT2D eigenvalue weighted by Gasteiger charge is 2.18. The predicted molar refractivity (Wildman–Crippen MR) is 86.1 cm³/mol. The number of hydrogen-bond acceptors (Lipinski definition) is 3. The number of amides is 3. The lowest BCUT2D eigenvalue weighted by molar-refractivity contribution is 0.0960. The Bertz CT molecular complexity index is 505. The molecule has 6 heteroatoms. The Kier molecular flexibility index (Phi) is 5.61. The molecule has 5 nitrogen and oxygen atoms in total. The number of thiophene rings is 1. The number of aryl methyl sites for hydroxylation is 1. The van der Waals surface area contributed by atoms with E-state index in [-0.39, 0.29) is 11.9 Å². The molecular weight excluding hydrogens is 286 g/mol. The lowest BCUT2D eigenvalue weighted by atomic mass is 10.2. The van der Waals surface area contributed by atoms with Gasteiger partial charge in [0.15, 0.2) is 0 Å². The Morgan fingerprint density at radius 2 is 1.90 bits per heavy atom. The number of carbonyl (C=O) groups is 2. The van der Waals surface area contributed by atoms with Crippen LogP contribution in [0.4, 0.5) is 10.5 Å². The van der Waals surface area contributed by atoms with Crippen molar-refractivity contribution in [2.45, 2.75) is 39.5 Å². The van der Waals surface area contributed by atoms with E-state index in [9.17, 15) is 9.59 Å². The van der Waals surface area contributed by atoms with E-state index in [0.29, 0.717) is 11.4 Å². The standard InChI is InChI=1S/C15H23N3O2S/c1-3-16-14(19)13-10-12(11(2)21-13)17-15(20)18-8-6-4-5-7-9-18/h10H,3-9H2,1-2H3,(H,16,19)(H,17,20). The quantitative estimate of drug-likeness (QED) is 0.900. The summed E-state index contributed by atoms with van der Waals surface area (Å²) in [6.45, 7) is 6.05. The maximum absolute atomic E-state index is 12.3. The van der Waals surface area contributed by atoms with E-state index >= 15 is 0 Å². The Balaban J connectivity index is 2.01. The first-order valence-electron chi connectivity index (χ1n) is 7.56. The van der Waals surface area contributed by atoms with E-state index in [1.807, 2.05) is 18.7 Å². The summed E-state index contributed by atoms with van der Waals surface area (Å²) in [5.74, 6) is -0.0825. The predicted octanol–water partition coefficient (Wildman–Crippen LogP) is 3.21. The van der Waals surface area contributed by atoms with Gasteiger partial charge in [-0.05, 0) is 32.8 Å². The van der Waals surface area contributed by atoms with E-state index in [1.165, 1.54) is 24.2 Å². The van der Waals surface area contributed by atoms with Crippen LogP contribution in [0.1, 0.15) is 47.2 Å². The fraction of sp³-hybridized carbons (Fsp3) is 0.600. The van der Waals surface area contributed by atoms with E-state index in [2.05, 4.69) is 10.6 Å². The van der Waals surface area contributed by atoms with Gasteiger partial charge in [-0.15, -0.1) is 11.3 Å². The largest absolute Gasteiger partial charge is 0.352 e. The second kappa shape index (κ2) is 7.45. The molecule has 116 valence electrons. The van der Waals surface area contributed by atoms with Crippen LogP contribution in [-0.2, 0) is 0 Å². The molecule has 0 unspecified atom stereocenters. The van der Waals surface area contributed by atoms with Crippen LogP contribution >= 0.6 is 11.3 Å². The third-order valence-electron chi connectivity index (χ3n) is 3.61. The molecule has 0 bridgehead atoms. The average molecular weight is 309 g/mol. The first-order chi connectivity index (χ1) is 10.1. The van der Waals surface area contributed by atoms with Gasteiger partial charge in [-0.2, -0.15) is 0 Å². The lowest BCUT2D eigenvalue weighted by Gasteiger charge is -2.20. The molecule has 2 heterocycles. The molecule has 1 aliphatic rings. The van der Waals surface area contributed by atoms with Crippen LogP contribution in [0.25, 0.3) is 0 Å². The average Bonchev–Trinajstić information content (AvgIpc) is 2.68. The monoisotopic (exact) mass is 309 g/mol. The zero-order chi connectivity index (χ0) is 15.2. The van der Waals surface area contributed by atoms with Crippen molar-refractivity contribution in [3.05, 3.63) is 15.8 Å². The number of carbonyl (C=O) groups excluding carboxylic acids is 2. The van der Waals surface area contributed by atoms with Crippen molar-refractivity contribution in [2.24, 2.45) is 0 Å². The molecule has 0 saturated carbocycles. The Morgan fingerprint density at radius 1 is 1.24 bits per heavy atom. The highest BCUT2D eigenvalue weighted by atomic mass is 32.1. The number of nitrogens with one attached hydrogen (secondary N) is 2. The second-order valence-corrected chi connectivity index (χ2v) is 6.53. The minimum absolute atomic E-state index is 0.0553. The van der Waals surface area contributed by atoms with Crippen LogP contribution in [0.2, 0.25) is 0 Å². The maximum atomic E-state index is 12.3. The van der Waals surface area contributed by atoms with Crippen molar-refractivity contribution in [1.82, 2.24) is 10.2 Å². The molecule has 0 spiro atoms. The molecule has 2 rings (SSSR count). The lowest BCUT2D eigenvalue weighted by Crippen LogP contribution is -2.35. The number of urea groups is 1. The number of likely N-dealkylation sites (tertiary alicyclic amines) is 1. The van der Waals surface area contributed by atoms with Gasteiger partial charge in [0, 0.05) is 24.5 Å². The molecule has 0 aromatic carbocycles. The molecule has 1 aromatic heterocycles. The zero-order valence-corrected chi connectivity index (χ0v) is 13.5. The third kappa shape index (κ3) is 4.20. The first kappa shape index (κ1) is 15.8. The number of anilines is 1. The summed E-state index contributed by atoms with van der Waals surface area (Å²) in [4.78, 5) is 27.6. The normalized spacial score (nSPS) is 15.4. The maximum Gasteiger partial charge on any atom is 0.321 e. The van der Waals surface area contributed by atoms with Gasteiger partial charge >= 0.3 is 6.03 Å². The van der Waals surface area contributed by atoms with E-state index in [1.54, 1.807) is 6.07 Å². The molecule has 1 fully saturated rings. The van der Waals surface area contributed by atoms with Crippen LogP contribution in [0.5, 0.6) is 0 Å². The van der Waals surface area contributed by atoms with Crippen molar-refractivity contribution in [1.29, 1.82) is 0 Å². The fourth-order valence-corrected chi connectivity index (χ4v) is 3.33. The minimum Gasteiger partial charge on any atom is -0.352 e. The number of nitrogens with zero attached hydrogens (tertiary/aromatic N) is 1. The van der Waals surface area contributed by atoms with Crippen LogP contribution in [0.3, 0.4) is 0 Å². The highest BCUT2D eigenvalue weighted by Crippen LogP contribution is 2.26. The molecule has 3 amide bonds. The van der Waals surface area contributed by atoms with Crippen molar-refractivity contribution in [2.75, 3.05) is 25.0 Å². The summed E-state index contributed by atoms with van der Waals surface area (Å²) in [5.41, 5.74) is 0.746. The van der Waals surface area contributed by atoms with E-state index in [4.69, 9.17) is 0 Å². The number of rotatable bonds is 3. The molecule has 0 atom stereocenters. The van der Waals surface area contributed by atoms with Crippen molar-refractivity contribution in [3.63, 3.8) is 0 Å². The van der Waals surface area contributed by atoms with Crippen LogP contribution in [0.15, 0.2) is 6.07 Å². The van der Waals surface area contributed by atoms with Gasteiger partial charge in [0.05, 0.1) is 10.6 Å². The summed E-state index contributed by atoms with van der Waals surface area (Å²) in [6, 6.07) is 1.71. The highest BCUT2D eigenvalue weighted by molar-refractivity contribution is 7.14. The van der Waals surface area contributed by atoms with Gasteiger partial charge in [0.25, 0.3) is 5.91 Å². The fourth-order valence-electron chi connectivity index (χ4n) is 2.43. The molecule has 0 radical (unpaired) electrons. The Morgan fingerprint density at radius 3 is 2.52 bits per heavy atom. The smallest absolute Gasteiger partial charge is 0.321 e. The van der Waals surface area contributed by atoms with E-state index < -0.39 is 0 Å². The van der Waals surface area contributed by atoms with Gasteiger partial charge in [-0.25, -0.2) is 4.79 Å². The molecule has 1 aromatic rings. The second-order valence-electron chi connectivity index (χ2n) is 5.27. The van der Waals surface area contributed by atoms with Crippen LogP contribution in [0, 0.1) is 6.92 Å². The summed E-state index contributed by atoms with van der Waals surface area (Å²) in [5, 5.41) is 5.72. The Labute approximate surface area is 129 Å². The van der Waals surface area contributed by atoms with Gasteiger partial charge in [-0.3, -0.25) is 4.79 Å². The van der Waals surface area contributed by atoms with Crippen molar-refractivity contribution in [3.8, 4) is 0 Å². The first-order valence-corrected chi connectivity index (χ1v) is 8.38. The zero-order valence-electron chi connectivity index (χ0n) is 12.7. The van der Waals surface area contributed by atoms with Gasteiger partial charge < -0.3 is 15.5 Å². The topological polar surface area (TPSA) is 61.4 Å². The SMILES string of the molecule is CCNC(=O)c1cc(NC(=O)N2CCCCCC2)c(C)s1. The third-order valence-corrected chi connectivity index (χ3v) is 4.66. The van der Waals surface area contributed by atoms with E-state index in [0.717, 1.165) is 36.5 Å². The van der Waals surface area contributed by atoms with Crippen LogP contribution < -0.4 is 10.6 Å². The Hall–Kier alpha value is -1.56. The minimum atomic E-state index is -0.0825. The van der Waals surface area contributed by atoms with Crippen molar-refractivity contribution < 1.29 is 9.59 Å². The molecular formula is C15H23N3O2S. The molecule has 1 saturated heterocycles. The van der Waals surface area contributed by atoms with Gasteiger partial charge in [0.1, 0.15) is 0 Å². The summed E-state index contributed by atoms with van der Waals surface area (Å²) in [7, 11) is 0.